The fourth-order valence-electron chi connectivity index (χ4n) is 4.79. The van der Waals surface area contributed by atoms with Gasteiger partial charge in [-0.1, -0.05) is 137 Å². The molecule has 0 radical (unpaired) electrons. The van der Waals surface area contributed by atoms with Crippen LogP contribution in [0.15, 0.2) is 122 Å². The summed E-state index contributed by atoms with van der Waals surface area (Å²) in [7, 11) is 0. The molecule has 0 aliphatic carbocycles. The lowest BCUT2D eigenvalue weighted by molar-refractivity contribution is -0.148. The van der Waals surface area contributed by atoms with Crippen LogP contribution in [0.25, 0.3) is 23.3 Å². The van der Waals surface area contributed by atoms with Gasteiger partial charge in [0.05, 0.1) is 0 Å². The van der Waals surface area contributed by atoms with Crippen molar-refractivity contribution in [1.82, 2.24) is 0 Å². The molecule has 54 heavy (non-hydrogen) atoms. The number of nitrogens with two attached hydrogens (primary N) is 3. The number of allylic oxidation sites excluding steroid dienone is 6. The fraction of sp³-hybridized carbons (Fsp3) is 0.354. The highest BCUT2D eigenvalue weighted by Gasteiger charge is 2.24. The molecular weight excluding hydrogens is 670 g/mol. The van der Waals surface area contributed by atoms with E-state index in [2.05, 4.69) is 102 Å². The first-order valence-corrected chi connectivity index (χ1v) is 18.8. The number of anilines is 1. The smallest absolute Gasteiger partial charge is 0.340 e. The van der Waals surface area contributed by atoms with E-state index in [0.29, 0.717) is 5.92 Å². The van der Waals surface area contributed by atoms with Crippen molar-refractivity contribution >= 4 is 23.8 Å². The fourth-order valence-corrected chi connectivity index (χ4v) is 4.79. The molecule has 1 unspecified atom stereocenters. The molecule has 5 nitrogen and oxygen atoms in total. The third kappa shape index (κ3) is 20.3. The van der Waals surface area contributed by atoms with Gasteiger partial charge in [-0.3, -0.25) is 0 Å². The molecule has 7 N–H and O–H groups in total. The third-order valence-electron chi connectivity index (χ3n) is 8.33. The third-order valence-corrected chi connectivity index (χ3v) is 8.33. The normalized spacial score (nSPS) is 11.4. The zero-order valence-corrected chi connectivity index (χ0v) is 34.9. The Morgan fingerprint density at radius 3 is 2.00 bits per heavy atom. The molecule has 0 spiro atoms. The van der Waals surface area contributed by atoms with Crippen molar-refractivity contribution < 1.29 is 14.3 Å². The average molecular weight is 740 g/mol. The van der Waals surface area contributed by atoms with Gasteiger partial charge in [-0.2, -0.15) is 0 Å². The number of carbonyl (C=O) groups is 1. The van der Waals surface area contributed by atoms with Crippen molar-refractivity contribution in [2.24, 2.45) is 11.5 Å². The van der Waals surface area contributed by atoms with Crippen LogP contribution in [0.1, 0.15) is 115 Å². The number of hydrogen-bond donors (Lipinski definition) is 4. The predicted octanol–water partition coefficient (Wildman–Crippen LogP) is 12.9. The van der Waals surface area contributed by atoms with Gasteiger partial charge >= 0.3 is 5.97 Å². The summed E-state index contributed by atoms with van der Waals surface area (Å²) in [5.74, 6) is -0.725. The van der Waals surface area contributed by atoms with E-state index in [1.807, 2.05) is 58.1 Å². The first-order valence-electron chi connectivity index (χ1n) is 18.8. The summed E-state index contributed by atoms with van der Waals surface area (Å²) in [6, 6.07) is 21.1. The second-order valence-electron chi connectivity index (χ2n) is 13.2. The molecule has 1 atom stereocenters. The Kier molecular flexibility index (Phi) is 27.1. The van der Waals surface area contributed by atoms with Gasteiger partial charge in [0.1, 0.15) is 0 Å². The number of carboxylic acid groups (broad SMARTS) is 1. The highest BCUT2D eigenvalue weighted by Crippen LogP contribution is 2.32. The Balaban J connectivity index is 0. The zero-order valence-electron chi connectivity index (χ0n) is 34.9. The van der Waals surface area contributed by atoms with Gasteiger partial charge in [0.15, 0.2) is 0 Å². The number of carboxylic acids is 1. The predicted molar refractivity (Wildman–Crippen MR) is 238 cm³/mol. The molecule has 0 aliphatic heterocycles. The minimum absolute atomic E-state index is 0.699. The Morgan fingerprint density at radius 1 is 0.963 bits per heavy atom. The molecule has 6 heteroatoms. The molecule has 0 heterocycles. The maximum absolute atomic E-state index is 11.9. The SMILES string of the molecule is C=C(C)C(=C)/C=C\C=C(/C)CC.C=Cc1c(C)cc(-c2cccc(C)c2/C=C\N)cc1N.CC.CC(C)(F)C(=O)O.CCC(CCCN)c1ccccc1. The first-order chi connectivity index (χ1) is 25.5. The minimum Gasteiger partial charge on any atom is -0.479 e. The standard InChI is InChI=1S/C18H20N2.C12H19N.C12H18.C4H7FO2.C2H6/c1-4-15-13(3)10-14(11-18(15)20)17-7-5-6-12(2)16(17)8-9-19;1-2-11(9-6-10-13)12-7-4-3-5-8-12;1-6-11(4)8-7-9-12(5)10(2)3;1-4(2,5)3(6)7;1-2/h4-11H,1,19-20H2,2-3H3;3-5,7-8,11H,2,6,9-10,13H2,1H3;7-9H,2,5-6H2,1,3-4H3;1-2H3,(H,6,7);1-2H3/b9-8-;;9-7-,11-8+;;. The van der Waals surface area contributed by atoms with Crippen LogP contribution in [-0.2, 0) is 4.79 Å². The molecule has 0 bridgehead atoms. The van der Waals surface area contributed by atoms with E-state index in [1.54, 1.807) is 12.3 Å². The van der Waals surface area contributed by atoms with Crippen molar-refractivity contribution in [3.05, 3.63) is 149 Å². The topological polar surface area (TPSA) is 115 Å². The zero-order chi connectivity index (χ0) is 41.9. The summed E-state index contributed by atoms with van der Waals surface area (Å²) in [4.78, 5) is 9.65. The molecule has 0 aliphatic rings. The molecule has 296 valence electrons. The van der Waals surface area contributed by atoms with Gasteiger partial charge in [0.25, 0.3) is 0 Å². The average Bonchev–Trinajstić information content (AvgIpc) is 3.14. The van der Waals surface area contributed by atoms with Gasteiger partial charge in [-0.05, 0) is 143 Å². The van der Waals surface area contributed by atoms with E-state index in [1.165, 1.54) is 29.5 Å². The number of benzene rings is 3. The largest absolute Gasteiger partial charge is 0.479 e. The van der Waals surface area contributed by atoms with E-state index in [0.717, 1.165) is 77.9 Å². The summed E-state index contributed by atoms with van der Waals surface area (Å²) in [6.45, 7) is 30.9. The number of nitrogen functional groups attached to an aromatic ring is 1. The molecule has 3 aromatic rings. The second-order valence-corrected chi connectivity index (χ2v) is 13.2. The summed E-state index contributed by atoms with van der Waals surface area (Å²) in [5, 5.41) is 7.88. The van der Waals surface area contributed by atoms with E-state index in [4.69, 9.17) is 22.3 Å². The lowest BCUT2D eigenvalue weighted by atomic mass is 9.92. The Bertz CT molecular complexity index is 1640. The van der Waals surface area contributed by atoms with Gasteiger partial charge in [-0.25, -0.2) is 9.18 Å². The monoisotopic (exact) mass is 740 g/mol. The van der Waals surface area contributed by atoms with Crippen molar-refractivity contribution in [3.63, 3.8) is 0 Å². The summed E-state index contributed by atoms with van der Waals surface area (Å²) >= 11 is 0. The van der Waals surface area contributed by atoms with Gasteiger partial charge in [-0.15, -0.1) is 0 Å². The van der Waals surface area contributed by atoms with E-state index < -0.39 is 11.6 Å². The second kappa shape index (κ2) is 28.5. The summed E-state index contributed by atoms with van der Waals surface area (Å²) in [5.41, 5.74) is 27.4. The Labute approximate surface area is 328 Å². The van der Waals surface area contributed by atoms with Crippen LogP contribution in [0.5, 0.6) is 0 Å². The van der Waals surface area contributed by atoms with Crippen molar-refractivity contribution in [2.45, 2.75) is 107 Å². The van der Waals surface area contributed by atoms with Crippen molar-refractivity contribution in [3.8, 4) is 11.1 Å². The molecule has 3 rings (SSSR count). The first kappa shape index (κ1) is 51.2. The molecule has 0 aromatic heterocycles. The van der Waals surface area contributed by atoms with Crippen LogP contribution >= 0.6 is 0 Å². The van der Waals surface area contributed by atoms with Gasteiger partial charge in [0.2, 0.25) is 5.67 Å². The van der Waals surface area contributed by atoms with Crippen LogP contribution in [0.3, 0.4) is 0 Å². The van der Waals surface area contributed by atoms with Crippen LogP contribution in [-0.4, -0.2) is 23.3 Å². The van der Waals surface area contributed by atoms with Gasteiger partial charge in [0, 0.05) is 5.69 Å². The number of halogens is 1. The van der Waals surface area contributed by atoms with Gasteiger partial charge < -0.3 is 22.3 Å². The number of hydrogen-bond acceptors (Lipinski definition) is 4. The molecule has 0 saturated heterocycles. The van der Waals surface area contributed by atoms with Crippen molar-refractivity contribution in [1.29, 1.82) is 0 Å². The number of rotatable bonds is 13. The van der Waals surface area contributed by atoms with E-state index in [-0.39, 0.29) is 0 Å². The molecule has 0 amide bonds. The summed E-state index contributed by atoms with van der Waals surface area (Å²) < 4.78 is 11.9. The minimum atomic E-state index is -2.08. The summed E-state index contributed by atoms with van der Waals surface area (Å²) in [6.07, 6.45) is 16.1. The van der Waals surface area contributed by atoms with Crippen LogP contribution in [0, 0.1) is 13.8 Å². The maximum Gasteiger partial charge on any atom is 0.340 e. The molecule has 0 fully saturated rings. The highest BCUT2D eigenvalue weighted by atomic mass is 19.1. The van der Waals surface area contributed by atoms with Crippen LogP contribution in [0.4, 0.5) is 10.1 Å². The van der Waals surface area contributed by atoms with Crippen LogP contribution < -0.4 is 17.2 Å². The van der Waals surface area contributed by atoms with E-state index >= 15 is 0 Å². The van der Waals surface area contributed by atoms with Crippen molar-refractivity contribution in [2.75, 3.05) is 12.3 Å². The lowest BCUT2D eigenvalue weighted by Crippen LogP contribution is -2.24. The molecule has 3 aromatic carbocycles. The number of aliphatic carboxylic acids is 1. The Morgan fingerprint density at radius 2 is 1.56 bits per heavy atom. The Hall–Kier alpha value is -4.94. The lowest BCUT2D eigenvalue weighted by Gasteiger charge is -2.14. The maximum atomic E-state index is 11.9. The number of alkyl halides is 1. The quantitative estimate of drug-likeness (QED) is 0.103. The van der Waals surface area contributed by atoms with E-state index in [9.17, 15) is 9.18 Å². The molecular formula is C48H70FN3O2. The number of aryl methyl sites for hydroxylation is 2. The highest BCUT2D eigenvalue weighted by molar-refractivity contribution is 5.82. The molecule has 0 saturated carbocycles. The van der Waals surface area contributed by atoms with Crippen LogP contribution in [0.2, 0.25) is 0 Å².